The maximum absolute atomic E-state index is 13.5. The van der Waals surface area contributed by atoms with Crippen molar-refractivity contribution in [3.05, 3.63) is 88.5 Å². The number of rotatable bonds is 10. The van der Waals surface area contributed by atoms with Crippen LogP contribution in [-0.2, 0) is 19.6 Å². The number of carbonyl (C=O) groups excluding carboxylic acids is 2. The van der Waals surface area contributed by atoms with Crippen molar-refractivity contribution in [3.8, 4) is 5.75 Å². The monoisotopic (exact) mass is 525 g/mol. The van der Waals surface area contributed by atoms with Crippen molar-refractivity contribution in [2.45, 2.75) is 11.8 Å². The number of sulfonamides is 1. The highest BCUT2D eigenvalue weighted by atomic mass is 32.2. The number of nitrogens with one attached hydrogen (secondary N) is 2. The van der Waals surface area contributed by atoms with Gasteiger partial charge in [-0.05, 0) is 48.5 Å². The van der Waals surface area contributed by atoms with Crippen molar-refractivity contribution in [2.24, 2.45) is 5.10 Å². The zero-order valence-electron chi connectivity index (χ0n) is 19.8. The Morgan fingerprint density at radius 1 is 1.08 bits per heavy atom. The van der Waals surface area contributed by atoms with Gasteiger partial charge in [0.25, 0.3) is 21.6 Å². The number of ether oxygens (including phenoxy) is 1. The molecule has 0 bridgehead atoms. The van der Waals surface area contributed by atoms with Gasteiger partial charge in [0.1, 0.15) is 12.3 Å². The Hall–Kier alpha value is -4.78. The van der Waals surface area contributed by atoms with E-state index in [1.165, 1.54) is 74.8 Å². The standard InChI is InChI=1S/C24H23N5O7S/c1-17(30)26-19-6-12-23(13-7-19)37(34,35)28(20-8-10-22(36-2)11-9-20)16-24(31)27-25-15-18-4-3-5-21(14-18)29(32)33/h3-15H,16H2,1-2H3,(H,26,30)(H,27,31). The maximum atomic E-state index is 13.5. The average molecular weight is 526 g/mol. The largest absolute Gasteiger partial charge is 0.497 e. The Kier molecular flexibility index (Phi) is 8.53. The summed E-state index contributed by atoms with van der Waals surface area (Å²) in [4.78, 5) is 34.2. The van der Waals surface area contributed by atoms with E-state index in [-0.39, 0.29) is 22.2 Å². The van der Waals surface area contributed by atoms with Crippen molar-refractivity contribution in [1.82, 2.24) is 5.43 Å². The number of methoxy groups -OCH3 is 1. The minimum Gasteiger partial charge on any atom is -0.497 e. The van der Waals surface area contributed by atoms with E-state index in [4.69, 9.17) is 4.74 Å². The van der Waals surface area contributed by atoms with Gasteiger partial charge in [-0.1, -0.05) is 12.1 Å². The van der Waals surface area contributed by atoms with Gasteiger partial charge in [-0.25, -0.2) is 13.8 Å². The molecule has 2 N–H and O–H groups in total. The molecular weight excluding hydrogens is 502 g/mol. The van der Waals surface area contributed by atoms with Crippen molar-refractivity contribution < 1.29 is 27.7 Å². The lowest BCUT2D eigenvalue weighted by Gasteiger charge is -2.24. The summed E-state index contributed by atoms with van der Waals surface area (Å²) in [7, 11) is -2.75. The van der Waals surface area contributed by atoms with Crippen molar-refractivity contribution >= 4 is 45.1 Å². The number of nitro groups is 1. The topological polar surface area (TPSA) is 160 Å². The van der Waals surface area contributed by atoms with Gasteiger partial charge in [0.05, 0.1) is 28.8 Å². The Bertz CT molecular complexity index is 1420. The highest BCUT2D eigenvalue weighted by Gasteiger charge is 2.27. The summed E-state index contributed by atoms with van der Waals surface area (Å²) in [6.07, 6.45) is 1.21. The molecule has 0 heterocycles. The van der Waals surface area contributed by atoms with Crippen LogP contribution < -0.4 is 19.8 Å². The number of nitro benzene ring substituents is 1. The van der Waals surface area contributed by atoms with Crippen molar-refractivity contribution in [3.63, 3.8) is 0 Å². The summed E-state index contributed by atoms with van der Waals surface area (Å²) in [5, 5.41) is 17.2. The van der Waals surface area contributed by atoms with E-state index in [1.54, 1.807) is 18.2 Å². The van der Waals surface area contributed by atoms with E-state index in [1.807, 2.05) is 0 Å². The number of benzene rings is 3. The molecule has 0 saturated heterocycles. The zero-order chi connectivity index (χ0) is 27.0. The van der Waals surface area contributed by atoms with Crippen LogP contribution in [0, 0.1) is 10.1 Å². The van der Waals surface area contributed by atoms with Gasteiger partial charge in [0.2, 0.25) is 5.91 Å². The smallest absolute Gasteiger partial charge is 0.270 e. The number of non-ortho nitro benzene ring substituents is 1. The molecular formula is C24H23N5O7S. The lowest BCUT2D eigenvalue weighted by atomic mass is 10.2. The number of anilines is 2. The van der Waals surface area contributed by atoms with Crippen LogP contribution in [0.3, 0.4) is 0 Å². The fraction of sp³-hybridized carbons (Fsp3) is 0.125. The van der Waals surface area contributed by atoms with Crippen LogP contribution in [0.15, 0.2) is 82.8 Å². The first-order chi connectivity index (χ1) is 17.6. The maximum Gasteiger partial charge on any atom is 0.270 e. The molecule has 37 heavy (non-hydrogen) atoms. The van der Waals surface area contributed by atoms with E-state index in [0.29, 0.717) is 17.0 Å². The van der Waals surface area contributed by atoms with Gasteiger partial charge >= 0.3 is 0 Å². The molecule has 0 unspecified atom stereocenters. The van der Waals surface area contributed by atoms with E-state index in [0.717, 1.165) is 4.31 Å². The second-order valence-electron chi connectivity index (χ2n) is 7.56. The first kappa shape index (κ1) is 26.8. The van der Waals surface area contributed by atoms with Crippen molar-refractivity contribution in [2.75, 3.05) is 23.3 Å². The number of hydrogen-bond donors (Lipinski definition) is 2. The van der Waals surface area contributed by atoms with E-state index < -0.39 is 27.4 Å². The summed E-state index contributed by atoms with van der Waals surface area (Å²) < 4.78 is 33.0. The summed E-state index contributed by atoms with van der Waals surface area (Å²) in [5.41, 5.74) is 3.08. The Morgan fingerprint density at radius 2 is 1.76 bits per heavy atom. The fourth-order valence-corrected chi connectivity index (χ4v) is 4.59. The highest BCUT2D eigenvalue weighted by Crippen LogP contribution is 2.26. The molecule has 0 aliphatic heterocycles. The predicted octanol–water partition coefficient (Wildman–Crippen LogP) is 2.91. The van der Waals surface area contributed by atoms with Crippen LogP contribution in [0.1, 0.15) is 12.5 Å². The fourth-order valence-electron chi connectivity index (χ4n) is 3.17. The Labute approximate surface area is 212 Å². The predicted molar refractivity (Wildman–Crippen MR) is 137 cm³/mol. The van der Waals surface area contributed by atoms with Crippen LogP contribution >= 0.6 is 0 Å². The first-order valence-electron chi connectivity index (χ1n) is 10.7. The number of carbonyl (C=O) groups is 2. The lowest BCUT2D eigenvalue weighted by Crippen LogP contribution is -2.39. The van der Waals surface area contributed by atoms with E-state index in [2.05, 4.69) is 15.8 Å². The van der Waals surface area contributed by atoms with E-state index >= 15 is 0 Å². The quantitative estimate of drug-likeness (QED) is 0.234. The second kappa shape index (κ2) is 11.8. The summed E-state index contributed by atoms with van der Waals surface area (Å²) in [6, 6.07) is 17.2. The first-order valence-corrected chi connectivity index (χ1v) is 12.1. The Balaban J connectivity index is 1.84. The van der Waals surface area contributed by atoms with Gasteiger partial charge in [0, 0.05) is 30.3 Å². The van der Waals surface area contributed by atoms with Crippen LogP contribution in [-0.4, -0.2) is 45.0 Å². The average Bonchev–Trinajstić information content (AvgIpc) is 2.87. The van der Waals surface area contributed by atoms with Gasteiger partial charge in [-0.2, -0.15) is 5.10 Å². The van der Waals surface area contributed by atoms with E-state index in [9.17, 15) is 28.1 Å². The molecule has 0 atom stereocenters. The van der Waals surface area contributed by atoms with Crippen LogP contribution in [0.25, 0.3) is 0 Å². The highest BCUT2D eigenvalue weighted by molar-refractivity contribution is 7.92. The summed E-state index contributed by atoms with van der Waals surface area (Å²) in [5.74, 6) is -0.569. The number of hydrogen-bond acceptors (Lipinski definition) is 8. The lowest BCUT2D eigenvalue weighted by molar-refractivity contribution is -0.384. The minimum atomic E-state index is -4.21. The third-order valence-electron chi connectivity index (χ3n) is 4.89. The van der Waals surface area contributed by atoms with Crippen molar-refractivity contribution in [1.29, 1.82) is 0 Å². The molecule has 3 aromatic carbocycles. The van der Waals surface area contributed by atoms with Gasteiger partial charge in [-0.3, -0.25) is 24.0 Å². The molecule has 0 aliphatic carbocycles. The molecule has 13 heteroatoms. The molecule has 0 spiro atoms. The normalized spacial score (nSPS) is 11.1. The number of nitrogens with zero attached hydrogens (tertiary/aromatic N) is 3. The second-order valence-corrected chi connectivity index (χ2v) is 9.42. The SMILES string of the molecule is COc1ccc(N(CC(=O)NN=Cc2cccc([N+](=O)[O-])c2)S(=O)(=O)c2ccc(NC(C)=O)cc2)cc1. The summed E-state index contributed by atoms with van der Waals surface area (Å²) in [6.45, 7) is 0.713. The van der Waals surface area contributed by atoms with Crippen LogP contribution in [0.4, 0.5) is 17.1 Å². The number of hydrazone groups is 1. The summed E-state index contributed by atoms with van der Waals surface area (Å²) >= 11 is 0. The number of amides is 2. The molecule has 0 radical (unpaired) electrons. The molecule has 192 valence electrons. The molecule has 0 aliphatic rings. The zero-order valence-corrected chi connectivity index (χ0v) is 20.6. The molecule has 12 nitrogen and oxygen atoms in total. The van der Waals surface area contributed by atoms with Crippen LogP contribution in [0.5, 0.6) is 5.75 Å². The third kappa shape index (κ3) is 7.11. The molecule has 0 fully saturated rings. The van der Waals surface area contributed by atoms with Gasteiger partial charge in [0.15, 0.2) is 0 Å². The third-order valence-corrected chi connectivity index (χ3v) is 6.68. The van der Waals surface area contributed by atoms with Crippen LogP contribution in [0.2, 0.25) is 0 Å². The molecule has 3 aromatic rings. The molecule has 3 rings (SSSR count). The molecule has 0 aromatic heterocycles. The molecule has 0 saturated carbocycles. The van der Waals surface area contributed by atoms with Gasteiger partial charge in [-0.15, -0.1) is 0 Å². The molecule has 2 amide bonds. The van der Waals surface area contributed by atoms with Gasteiger partial charge < -0.3 is 10.1 Å². The minimum absolute atomic E-state index is 0.106. The Morgan fingerprint density at radius 3 is 2.35 bits per heavy atom.